The van der Waals surface area contributed by atoms with Gasteiger partial charge in [-0.1, -0.05) is 58.3 Å². The van der Waals surface area contributed by atoms with E-state index in [1.165, 1.54) is 63.5 Å². The van der Waals surface area contributed by atoms with E-state index in [4.69, 9.17) is 0 Å². The van der Waals surface area contributed by atoms with E-state index >= 15 is 0 Å². The zero-order chi connectivity index (χ0) is 11.9. The van der Waals surface area contributed by atoms with Crippen LogP contribution in [0.2, 0.25) is 0 Å². The number of aldehydes is 1. The van der Waals surface area contributed by atoms with Gasteiger partial charge in [0.2, 0.25) is 0 Å². The summed E-state index contributed by atoms with van der Waals surface area (Å²) in [5.41, 5.74) is 0. The molecule has 0 aromatic carbocycles. The van der Waals surface area contributed by atoms with Gasteiger partial charge >= 0.3 is 0 Å². The van der Waals surface area contributed by atoms with Crippen LogP contribution in [0.25, 0.3) is 0 Å². The highest BCUT2D eigenvalue weighted by Crippen LogP contribution is 2.11. The molecule has 0 heterocycles. The lowest BCUT2D eigenvalue weighted by Crippen LogP contribution is -1.86. The molecule has 0 aromatic rings. The molecule has 0 unspecified atom stereocenters. The van der Waals surface area contributed by atoms with Gasteiger partial charge in [0.1, 0.15) is 6.29 Å². The van der Waals surface area contributed by atoms with Crippen molar-refractivity contribution in [1.29, 1.82) is 0 Å². The van der Waals surface area contributed by atoms with Crippen LogP contribution in [-0.2, 0) is 4.79 Å². The second-order valence-electron chi connectivity index (χ2n) is 4.40. The van der Waals surface area contributed by atoms with Gasteiger partial charge in [0, 0.05) is 6.42 Å². The third-order valence-corrected chi connectivity index (χ3v) is 3.87. The Bertz CT molecular complexity index is 137. The van der Waals surface area contributed by atoms with Crippen LogP contribution in [0.4, 0.5) is 0 Å². The minimum absolute atomic E-state index is 0.724. The summed E-state index contributed by atoms with van der Waals surface area (Å²) in [7, 11) is 0. The van der Waals surface area contributed by atoms with Crippen molar-refractivity contribution in [3.63, 3.8) is 0 Å². The smallest absolute Gasteiger partial charge is 0.120 e. The predicted molar refractivity (Wildman–Crippen MR) is 75.2 cm³/mol. The summed E-state index contributed by atoms with van der Waals surface area (Å²) in [5, 5.41) is 0. The molecule has 0 spiro atoms. The standard InChI is InChI=1S/C14H28OS/c1-2-3-4-5-6-7-8-9-10-13-16-14-11-12-15/h12H,2-11,13-14H2,1H3. The Labute approximate surface area is 106 Å². The molecule has 0 radical (unpaired) electrons. The molecule has 0 N–H and O–H groups in total. The summed E-state index contributed by atoms with van der Waals surface area (Å²) in [4.78, 5) is 10.1. The Morgan fingerprint density at radius 2 is 1.38 bits per heavy atom. The van der Waals surface area contributed by atoms with E-state index in [1.54, 1.807) is 0 Å². The number of unbranched alkanes of at least 4 members (excludes halogenated alkanes) is 8. The van der Waals surface area contributed by atoms with Crippen molar-refractivity contribution in [2.24, 2.45) is 0 Å². The molecule has 0 bridgehead atoms. The van der Waals surface area contributed by atoms with Crippen LogP contribution in [-0.4, -0.2) is 17.8 Å². The average molecular weight is 244 g/mol. The van der Waals surface area contributed by atoms with Crippen molar-refractivity contribution < 1.29 is 4.79 Å². The van der Waals surface area contributed by atoms with Gasteiger partial charge in [-0.25, -0.2) is 0 Å². The fourth-order valence-corrected chi connectivity index (χ4v) is 2.62. The Hall–Kier alpha value is 0.0200. The van der Waals surface area contributed by atoms with Gasteiger partial charge in [-0.15, -0.1) is 0 Å². The van der Waals surface area contributed by atoms with Crippen LogP contribution in [0.15, 0.2) is 0 Å². The normalized spacial score (nSPS) is 10.6. The van der Waals surface area contributed by atoms with Gasteiger partial charge in [-0.2, -0.15) is 11.8 Å². The molecule has 0 saturated carbocycles. The van der Waals surface area contributed by atoms with Gasteiger partial charge in [0.25, 0.3) is 0 Å². The van der Waals surface area contributed by atoms with E-state index in [9.17, 15) is 4.79 Å². The van der Waals surface area contributed by atoms with Gasteiger partial charge in [0.15, 0.2) is 0 Å². The van der Waals surface area contributed by atoms with Crippen molar-refractivity contribution in [1.82, 2.24) is 0 Å². The number of hydrogen-bond acceptors (Lipinski definition) is 2. The van der Waals surface area contributed by atoms with E-state index in [-0.39, 0.29) is 0 Å². The van der Waals surface area contributed by atoms with Crippen LogP contribution in [0.3, 0.4) is 0 Å². The lowest BCUT2D eigenvalue weighted by molar-refractivity contribution is -0.107. The first-order valence-corrected chi connectivity index (χ1v) is 8.08. The second-order valence-corrected chi connectivity index (χ2v) is 5.62. The molecule has 0 aliphatic heterocycles. The Balaban J connectivity index is 2.85. The summed E-state index contributed by atoms with van der Waals surface area (Å²) in [6.45, 7) is 2.27. The van der Waals surface area contributed by atoms with Gasteiger partial charge < -0.3 is 4.79 Å². The lowest BCUT2D eigenvalue weighted by atomic mass is 10.1. The van der Waals surface area contributed by atoms with Crippen LogP contribution >= 0.6 is 11.8 Å². The zero-order valence-corrected chi connectivity index (χ0v) is 11.7. The summed E-state index contributed by atoms with van der Waals surface area (Å²) in [5.74, 6) is 2.25. The predicted octanol–water partition coefficient (Wildman–Crippen LogP) is 4.84. The highest BCUT2D eigenvalue weighted by Gasteiger charge is 1.92. The lowest BCUT2D eigenvalue weighted by Gasteiger charge is -2.01. The van der Waals surface area contributed by atoms with Crippen LogP contribution in [0, 0.1) is 0 Å². The second kappa shape index (κ2) is 15.0. The molecular weight excluding hydrogens is 216 g/mol. The highest BCUT2D eigenvalue weighted by molar-refractivity contribution is 7.99. The topological polar surface area (TPSA) is 17.1 Å². The number of thioether (sulfide) groups is 1. The SMILES string of the molecule is CCCCCCCCCCCSCCC=O. The summed E-state index contributed by atoms with van der Waals surface area (Å²) in [6, 6.07) is 0. The molecular formula is C14H28OS. The average Bonchev–Trinajstić information content (AvgIpc) is 2.31. The first-order chi connectivity index (χ1) is 7.91. The fraction of sp³-hybridized carbons (Fsp3) is 0.929. The third-order valence-electron chi connectivity index (χ3n) is 2.77. The van der Waals surface area contributed by atoms with Crippen LogP contribution < -0.4 is 0 Å². The number of hydrogen-bond donors (Lipinski definition) is 0. The van der Waals surface area contributed by atoms with Crippen molar-refractivity contribution >= 4 is 18.0 Å². The first-order valence-electron chi connectivity index (χ1n) is 6.93. The molecule has 16 heavy (non-hydrogen) atoms. The van der Waals surface area contributed by atoms with Gasteiger partial charge in [-0.05, 0) is 17.9 Å². The summed E-state index contributed by atoms with van der Waals surface area (Å²) in [6.07, 6.45) is 14.3. The van der Waals surface area contributed by atoms with Crippen molar-refractivity contribution in [3.05, 3.63) is 0 Å². The van der Waals surface area contributed by atoms with E-state index in [2.05, 4.69) is 6.92 Å². The van der Waals surface area contributed by atoms with Crippen molar-refractivity contribution in [2.45, 2.75) is 71.1 Å². The molecule has 96 valence electrons. The summed E-state index contributed by atoms with van der Waals surface area (Å²) >= 11 is 1.92. The molecule has 0 aliphatic carbocycles. The van der Waals surface area contributed by atoms with Crippen LogP contribution in [0.5, 0.6) is 0 Å². The van der Waals surface area contributed by atoms with Crippen LogP contribution in [0.1, 0.15) is 71.1 Å². The molecule has 0 aromatic heterocycles. The Morgan fingerprint density at radius 3 is 1.94 bits per heavy atom. The largest absolute Gasteiger partial charge is 0.303 e. The zero-order valence-electron chi connectivity index (χ0n) is 10.9. The molecule has 0 saturated heterocycles. The quantitative estimate of drug-likeness (QED) is 0.341. The number of carbonyl (C=O) groups is 1. The summed E-state index contributed by atoms with van der Waals surface area (Å²) < 4.78 is 0. The molecule has 0 aliphatic rings. The maximum absolute atomic E-state index is 10.1. The first kappa shape index (κ1) is 16.0. The minimum atomic E-state index is 0.724. The molecule has 0 rings (SSSR count). The van der Waals surface area contributed by atoms with Gasteiger partial charge in [-0.3, -0.25) is 0 Å². The molecule has 0 fully saturated rings. The monoisotopic (exact) mass is 244 g/mol. The number of carbonyl (C=O) groups excluding carboxylic acids is 1. The molecule has 0 atom stereocenters. The highest BCUT2D eigenvalue weighted by atomic mass is 32.2. The van der Waals surface area contributed by atoms with E-state index < -0.39 is 0 Å². The van der Waals surface area contributed by atoms with E-state index in [0.29, 0.717) is 0 Å². The maximum Gasteiger partial charge on any atom is 0.120 e. The van der Waals surface area contributed by atoms with E-state index in [1.807, 2.05) is 11.8 Å². The number of rotatable bonds is 13. The fourth-order valence-electron chi connectivity index (χ4n) is 1.75. The van der Waals surface area contributed by atoms with Gasteiger partial charge in [0.05, 0.1) is 0 Å². The molecule has 0 amide bonds. The van der Waals surface area contributed by atoms with E-state index in [0.717, 1.165) is 18.5 Å². The third kappa shape index (κ3) is 14.0. The van der Waals surface area contributed by atoms with Crippen molar-refractivity contribution in [3.8, 4) is 0 Å². The Morgan fingerprint density at radius 1 is 0.812 bits per heavy atom. The molecule has 1 nitrogen and oxygen atoms in total. The van der Waals surface area contributed by atoms with Crippen molar-refractivity contribution in [2.75, 3.05) is 11.5 Å². The maximum atomic E-state index is 10.1. The Kier molecular flexibility index (Phi) is 15.0. The minimum Gasteiger partial charge on any atom is -0.303 e. The molecule has 2 heteroatoms.